The smallest absolute Gasteiger partial charge is 0.280 e. The number of carbonyl (C=O) groups is 1. The maximum absolute atomic E-state index is 13.2. The Morgan fingerprint density at radius 1 is 0.969 bits per heavy atom. The Hall–Kier alpha value is -3.34. The largest absolute Gasteiger partial charge is 0.342 e. The fourth-order valence-corrected chi connectivity index (χ4v) is 4.33. The fourth-order valence-electron chi connectivity index (χ4n) is 3.95. The molecule has 0 radical (unpaired) electrons. The first-order valence-electron chi connectivity index (χ1n) is 10.2. The SMILES string of the molecule is CC1=NN(c2cccc(Cl)c2)C(=O)/C1=C/c1cn(Cc2ccccc2Cl)c2ccccc12. The Morgan fingerprint density at radius 2 is 1.75 bits per heavy atom. The lowest BCUT2D eigenvalue weighted by Crippen LogP contribution is -2.21. The molecule has 0 fully saturated rings. The highest BCUT2D eigenvalue weighted by atomic mass is 35.5. The lowest BCUT2D eigenvalue weighted by molar-refractivity contribution is -0.114. The van der Waals surface area contributed by atoms with Crippen LogP contribution in [0.25, 0.3) is 17.0 Å². The molecule has 1 aliphatic heterocycles. The Morgan fingerprint density at radius 3 is 2.56 bits per heavy atom. The van der Waals surface area contributed by atoms with Crippen LogP contribution in [0.5, 0.6) is 0 Å². The molecule has 0 spiro atoms. The molecule has 0 saturated heterocycles. The maximum Gasteiger partial charge on any atom is 0.280 e. The molecule has 1 amide bonds. The second-order valence-electron chi connectivity index (χ2n) is 7.66. The summed E-state index contributed by atoms with van der Waals surface area (Å²) < 4.78 is 2.16. The van der Waals surface area contributed by atoms with Gasteiger partial charge in [-0.05, 0) is 48.9 Å². The molecule has 0 bridgehead atoms. The van der Waals surface area contributed by atoms with Gasteiger partial charge in [0.25, 0.3) is 5.91 Å². The molecule has 0 N–H and O–H groups in total. The van der Waals surface area contributed by atoms with E-state index in [1.807, 2.05) is 55.5 Å². The van der Waals surface area contributed by atoms with Crippen molar-refractivity contribution in [2.24, 2.45) is 5.10 Å². The number of aromatic nitrogens is 1. The molecule has 0 saturated carbocycles. The molecule has 2 heterocycles. The van der Waals surface area contributed by atoms with Gasteiger partial charge in [-0.1, -0.05) is 65.7 Å². The minimum atomic E-state index is -0.173. The molecular weight excluding hydrogens is 441 g/mol. The highest BCUT2D eigenvalue weighted by molar-refractivity contribution is 6.33. The molecule has 3 aromatic carbocycles. The van der Waals surface area contributed by atoms with E-state index in [1.54, 1.807) is 18.2 Å². The molecule has 6 heteroatoms. The van der Waals surface area contributed by atoms with E-state index in [0.29, 0.717) is 28.5 Å². The fraction of sp³-hybridized carbons (Fsp3) is 0.0769. The van der Waals surface area contributed by atoms with Crippen molar-refractivity contribution in [3.05, 3.63) is 106 Å². The van der Waals surface area contributed by atoms with Gasteiger partial charge >= 0.3 is 0 Å². The van der Waals surface area contributed by atoms with E-state index in [9.17, 15) is 4.79 Å². The zero-order valence-electron chi connectivity index (χ0n) is 17.3. The molecule has 0 unspecified atom stereocenters. The summed E-state index contributed by atoms with van der Waals surface area (Å²) in [5.41, 5.74) is 4.94. The summed E-state index contributed by atoms with van der Waals surface area (Å²) in [7, 11) is 0. The second kappa shape index (κ2) is 8.30. The number of fused-ring (bicyclic) bond motifs is 1. The summed E-state index contributed by atoms with van der Waals surface area (Å²) >= 11 is 12.5. The van der Waals surface area contributed by atoms with Crippen LogP contribution in [-0.4, -0.2) is 16.2 Å². The van der Waals surface area contributed by atoms with E-state index in [4.69, 9.17) is 23.2 Å². The summed E-state index contributed by atoms with van der Waals surface area (Å²) in [5, 5.41) is 8.23. The number of carbonyl (C=O) groups excluding carboxylic acids is 1. The summed E-state index contributed by atoms with van der Waals surface area (Å²) in [6.45, 7) is 2.48. The van der Waals surface area contributed by atoms with E-state index < -0.39 is 0 Å². The Labute approximate surface area is 196 Å². The molecule has 5 rings (SSSR count). The van der Waals surface area contributed by atoms with Crippen molar-refractivity contribution in [3.8, 4) is 0 Å². The van der Waals surface area contributed by atoms with Crippen LogP contribution in [0, 0.1) is 0 Å². The maximum atomic E-state index is 13.2. The highest BCUT2D eigenvalue weighted by Gasteiger charge is 2.29. The number of anilines is 1. The van der Waals surface area contributed by atoms with Gasteiger partial charge in [-0.25, -0.2) is 0 Å². The van der Waals surface area contributed by atoms with Crippen molar-refractivity contribution in [3.63, 3.8) is 0 Å². The molecule has 0 aliphatic carbocycles. The summed E-state index contributed by atoms with van der Waals surface area (Å²) in [6.07, 6.45) is 3.97. The first-order chi connectivity index (χ1) is 15.5. The van der Waals surface area contributed by atoms with E-state index in [-0.39, 0.29) is 5.91 Å². The normalized spacial score (nSPS) is 15.1. The zero-order chi connectivity index (χ0) is 22.2. The number of nitrogens with zero attached hydrogens (tertiary/aromatic N) is 3. The monoisotopic (exact) mass is 459 g/mol. The third-order valence-corrected chi connectivity index (χ3v) is 6.14. The van der Waals surface area contributed by atoms with Gasteiger partial charge in [-0.3, -0.25) is 4.79 Å². The Balaban J connectivity index is 1.55. The van der Waals surface area contributed by atoms with Crippen molar-refractivity contribution in [2.45, 2.75) is 13.5 Å². The van der Waals surface area contributed by atoms with Crippen LogP contribution in [0.3, 0.4) is 0 Å². The zero-order valence-corrected chi connectivity index (χ0v) is 18.8. The molecule has 0 atom stereocenters. The van der Waals surface area contributed by atoms with E-state index >= 15 is 0 Å². The highest BCUT2D eigenvalue weighted by Crippen LogP contribution is 2.30. The number of benzene rings is 3. The van der Waals surface area contributed by atoms with Gasteiger partial charge in [-0.15, -0.1) is 0 Å². The number of hydrogen-bond donors (Lipinski definition) is 0. The molecule has 32 heavy (non-hydrogen) atoms. The van der Waals surface area contributed by atoms with Gasteiger partial charge in [0.05, 0.1) is 17.0 Å². The number of hydrogen-bond acceptors (Lipinski definition) is 2. The lowest BCUT2D eigenvalue weighted by atomic mass is 10.1. The van der Waals surface area contributed by atoms with E-state index in [2.05, 4.69) is 28.0 Å². The molecule has 4 nitrogen and oxygen atoms in total. The van der Waals surface area contributed by atoms with Gasteiger partial charge in [0, 0.05) is 39.3 Å². The van der Waals surface area contributed by atoms with Gasteiger partial charge in [-0.2, -0.15) is 10.1 Å². The molecule has 4 aromatic rings. The summed E-state index contributed by atoms with van der Waals surface area (Å²) in [5.74, 6) is -0.173. The van der Waals surface area contributed by atoms with E-state index in [0.717, 1.165) is 27.1 Å². The van der Waals surface area contributed by atoms with Crippen molar-refractivity contribution in [2.75, 3.05) is 5.01 Å². The van der Waals surface area contributed by atoms with Crippen LogP contribution in [-0.2, 0) is 11.3 Å². The predicted octanol–water partition coefficient (Wildman–Crippen LogP) is 6.80. The van der Waals surface area contributed by atoms with Gasteiger partial charge in [0.1, 0.15) is 0 Å². The first-order valence-corrected chi connectivity index (χ1v) is 11.0. The lowest BCUT2D eigenvalue weighted by Gasteiger charge is -2.11. The van der Waals surface area contributed by atoms with Crippen LogP contribution in [0.4, 0.5) is 5.69 Å². The minimum absolute atomic E-state index is 0.173. The summed E-state index contributed by atoms with van der Waals surface area (Å²) in [4.78, 5) is 13.2. The van der Waals surface area contributed by atoms with Crippen LogP contribution in [0.1, 0.15) is 18.1 Å². The Bertz CT molecular complexity index is 1420. The third kappa shape index (κ3) is 3.72. The van der Waals surface area contributed by atoms with Crippen LogP contribution < -0.4 is 5.01 Å². The van der Waals surface area contributed by atoms with Crippen LogP contribution >= 0.6 is 23.2 Å². The topological polar surface area (TPSA) is 37.6 Å². The van der Waals surface area contributed by atoms with Crippen molar-refractivity contribution < 1.29 is 4.79 Å². The molecule has 1 aromatic heterocycles. The van der Waals surface area contributed by atoms with Crippen molar-refractivity contribution in [1.29, 1.82) is 0 Å². The Kier molecular flexibility index (Phi) is 5.33. The van der Waals surface area contributed by atoms with Crippen LogP contribution in [0.15, 0.2) is 89.7 Å². The van der Waals surface area contributed by atoms with Crippen molar-refractivity contribution in [1.82, 2.24) is 4.57 Å². The average molecular weight is 460 g/mol. The first kappa shape index (κ1) is 20.6. The second-order valence-corrected chi connectivity index (χ2v) is 8.50. The molecule has 158 valence electrons. The standard InChI is InChI=1S/C26H19Cl2N3O/c1-17-23(26(32)31(29-17)21-9-6-8-20(27)14-21)13-19-16-30(25-12-5-3-10-22(19)25)15-18-7-2-4-11-24(18)28/h2-14,16H,15H2,1H3/b23-13+. The van der Waals surface area contributed by atoms with Crippen molar-refractivity contribution >= 4 is 57.5 Å². The number of halogens is 2. The molecule has 1 aliphatic rings. The predicted molar refractivity (Wildman–Crippen MR) is 133 cm³/mol. The number of rotatable bonds is 4. The quantitative estimate of drug-likeness (QED) is 0.309. The molecular formula is C26H19Cl2N3O. The van der Waals surface area contributed by atoms with Crippen LogP contribution in [0.2, 0.25) is 10.0 Å². The third-order valence-electron chi connectivity index (χ3n) is 5.53. The minimum Gasteiger partial charge on any atom is -0.342 e. The van der Waals surface area contributed by atoms with Gasteiger partial charge in [0.2, 0.25) is 0 Å². The summed E-state index contributed by atoms with van der Waals surface area (Å²) in [6, 6.07) is 23.1. The average Bonchev–Trinajstić information content (AvgIpc) is 3.28. The number of para-hydroxylation sites is 1. The van der Waals surface area contributed by atoms with Gasteiger partial charge < -0.3 is 4.57 Å². The number of amides is 1. The van der Waals surface area contributed by atoms with Gasteiger partial charge in [0.15, 0.2) is 0 Å². The van der Waals surface area contributed by atoms with E-state index in [1.165, 1.54) is 5.01 Å². The number of hydrazone groups is 1.